The van der Waals surface area contributed by atoms with E-state index in [1.165, 1.54) is 24.1 Å². The van der Waals surface area contributed by atoms with Gasteiger partial charge in [-0.25, -0.2) is 19.9 Å². The van der Waals surface area contributed by atoms with Gasteiger partial charge in [0.15, 0.2) is 0 Å². The van der Waals surface area contributed by atoms with Crippen LogP contribution < -0.4 is 9.80 Å². The summed E-state index contributed by atoms with van der Waals surface area (Å²) in [6.45, 7) is 3.73. The molecule has 0 amide bonds. The fraction of sp³-hybridized carbons (Fsp3) is 0.500. The highest BCUT2D eigenvalue weighted by Gasteiger charge is 2.24. The lowest BCUT2D eigenvalue weighted by Crippen LogP contribution is -2.47. The quantitative estimate of drug-likeness (QED) is 0.803. The normalized spacial score (nSPS) is 18.0. The monoisotopic (exact) mass is 374 g/mol. The van der Waals surface area contributed by atoms with E-state index < -0.39 is 0 Å². The second-order valence-electron chi connectivity index (χ2n) is 6.01. The van der Waals surface area contributed by atoms with Gasteiger partial charge in [0.1, 0.15) is 12.1 Å². The molecule has 0 spiro atoms. The SMILES string of the molecule is Brc1cnc(N2CCN(c3ncnc4c3CCCC4)CC2)nc1. The third-order valence-corrected chi connectivity index (χ3v) is 4.98. The van der Waals surface area contributed by atoms with Crippen LogP contribution in [0, 0.1) is 0 Å². The minimum Gasteiger partial charge on any atom is -0.353 e. The number of rotatable bonds is 2. The Balaban J connectivity index is 1.49. The van der Waals surface area contributed by atoms with E-state index in [4.69, 9.17) is 0 Å². The molecule has 0 atom stereocenters. The van der Waals surface area contributed by atoms with Crippen LogP contribution >= 0.6 is 15.9 Å². The summed E-state index contributed by atoms with van der Waals surface area (Å²) in [6, 6.07) is 0. The molecule has 4 rings (SSSR count). The third kappa shape index (κ3) is 3.02. The molecule has 120 valence electrons. The molecule has 0 saturated carbocycles. The number of hydrogen-bond donors (Lipinski definition) is 0. The van der Waals surface area contributed by atoms with Gasteiger partial charge in [-0.05, 0) is 41.6 Å². The largest absolute Gasteiger partial charge is 0.353 e. The van der Waals surface area contributed by atoms with Crippen molar-refractivity contribution in [2.75, 3.05) is 36.0 Å². The van der Waals surface area contributed by atoms with E-state index in [0.29, 0.717) is 0 Å². The number of piperazine rings is 1. The lowest BCUT2D eigenvalue weighted by molar-refractivity contribution is 0.615. The van der Waals surface area contributed by atoms with Crippen LogP contribution in [0.2, 0.25) is 0 Å². The molecule has 1 saturated heterocycles. The summed E-state index contributed by atoms with van der Waals surface area (Å²) in [4.78, 5) is 22.5. The third-order valence-electron chi connectivity index (χ3n) is 4.57. The Morgan fingerprint density at radius 2 is 1.52 bits per heavy atom. The predicted molar refractivity (Wildman–Crippen MR) is 92.8 cm³/mol. The minimum atomic E-state index is 0.803. The van der Waals surface area contributed by atoms with Crippen molar-refractivity contribution < 1.29 is 0 Å². The maximum atomic E-state index is 4.58. The molecule has 6 nitrogen and oxygen atoms in total. The highest BCUT2D eigenvalue weighted by molar-refractivity contribution is 9.10. The van der Waals surface area contributed by atoms with Crippen molar-refractivity contribution >= 4 is 27.7 Å². The molecule has 0 N–H and O–H groups in total. The molecule has 2 aromatic heterocycles. The van der Waals surface area contributed by atoms with Crippen LogP contribution in [0.25, 0.3) is 0 Å². The molecule has 3 heterocycles. The first-order valence-electron chi connectivity index (χ1n) is 8.11. The number of halogens is 1. The van der Waals surface area contributed by atoms with Gasteiger partial charge in [0.05, 0.1) is 4.47 Å². The Hall–Kier alpha value is -1.76. The van der Waals surface area contributed by atoms with E-state index in [0.717, 1.165) is 55.3 Å². The maximum absolute atomic E-state index is 4.58. The van der Waals surface area contributed by atoms with Crippen molar-refractivity contribution in [1.29, 1.82) is 0 Å². The Labute approximate surface area is 144 Å². The smallest absolute Gasteiger partial charge is 0.225 e. The topological polar surface area (TPSA) is 58.0 Å². The molecule has 0 radical (unpaired) electrons. The van der Waals surface area contributed by atoms with Crippen molar-refractivity contribution in [3.05, 3.63) is 34.5 Å². The maximum Gasteiger partial charge on any atom is 0.225 e. The molecule has 1 aliphatic carbocycles. The second kappa shape index (κ2) is 6.39. The average Bonchev–Trinajstić information content (AvgIpc) is 2.62. The van der Waals surface area contributed by atoms with Crippen molar-refractivity contribution in [2.45, 2.75) is 25.7 Å². The number of nitrogens with zero attached hydrogens (tertiary/aromatic N) is 6. The van der Waals surface area contributed by atoms with Gasteiger partial charge in [0, 0.05) is 49.8 Å². The molecule has 1 aliphatic heterocycles. The van der Waals surface area contributed by atoms with Gasteiger partial charge in [-0.15, -0.1) is 0 Å². The average molecular weight is 375 g/mol. The standard InChI is InChI=1S/C16H19BrN6/c17-12-9-18-16(19-10-12)23-7-5-22(6-8-23)15-13-3-1-2-4-14(13)20-11-21-15/h9-11H,1-8H2. The summed E-state index contributed by atoms with van der Waals surface area (Å²) in [5.74, 6) is 1.95. The summed E-state index contributed by atoms with van der Waals surface area (Å²) < 4.78 is 0.910. The predicted octanol–water partition coefficient (Wildman–Crippen LogP) is 2.23. The van der Waals surface area contributed by atoms with E-state index in [1.54, 1.807) is 18.7 Å². The fourth-order valence-corrected chi connectivity index (χ4v) is 3.57. The van der Waals surface area contributed by atoms with Crippen molar-refractivity contribution in [1.82, 2.24) is 19.9 Å². The van der Waals surface area contributed by atoms with Crippen LogP contribution in [0.4, 0.5) is 11.8 Å². The summed E-state index contributed by atoms with van der Waals surface area (Å²) in [7, 11) is 0. The van der Waals surface area contributed by atoms with E-state index in [2.05, 4.69) is 45.7 Å². The summed E-state index contributed by atoms with van der Waals surface area (Å²) >= 11 is 3.38. The molecular weight excluding hydrogens is 356 g/mol. The lowest BCUT2D eigenvalue weighted by atomic mass is 9.96. The first-order valence-corrected chi connectivity index (χ1v) is 8.91. The highest BCUT2D eigenvalue weighted by atomic mass is 79.9. The zero-order valence-corrected chi connectivity index (χ0v) is 14.5. The Kier molecular flexibility index (Phi) is 4.11. The van der Waals surface area contributed by atoms with Crippen LogP contribution in [0.1, 0.15) is 24.1 Å². The first kappa shape index (κ1) is 14.8. The number of hydrogen-bond acceptors (Lipinski definition) is 6. The number of aryl methyl sites for hydroxylation is 1. The molecule has 0 unspecified atom stereocenters. The summed E-state index contributed by atoms with van der Waals surface area (Å²) in [5.41, 5.74) is 2.62. The van der Waals surface area contributed by atoms with Gasteiger partial charge in [0.2, 0.25) is 5.95 Å². The van der Waals surface area contributed by atoms with Gasteiger partial charge < -0.3 is 9.80 Å². The van der Waals surface area contributed by atoms with E-state index in [-0.39, 0.29) is 0 Å². The van der Waals surface area contributed by atoms with Gasteiger partial charge >= 0.3 is 0 Å². The Morgan fingerprint density at radius 3 is 2.30 bits per heavy atom. The van der Waals surface area contributed by atoms with Gasteiger partial charge in [-0.2, -0.15) is 0 Å². The van der Waals surface area contributed by atoms with Gasteiger partial charge in [-0.1, -0.05) is 0 Å². The van der Waals surface area contributed by atoms with Crippen LogP contribution in [-0.4, -0.2) is 46.1 Å². The van der Waals surface area contributed by atoms with Crippen LogP contribution in [0.5, 0.6) is 0 Å². The van der Waals surface area contributed by atoms with Crippen LogP contribution in [0.3, 0.4) is 0 Å². The Morgan fingerprint density at radius 1 is 0.826 bits per heavy atom. The molecule has 23 heavy (non-hydrogen) atoms. The zero-order chi connectivity index (χ0) is 15.6. The molecular formula is C16H19BrN6. The van der Waals surface area contributed by atoms with Crippen LogP contribution in [0.15, 0.2) is 23.2 Å². The first-order chi connectivity index (χ1) is 11.3. The van der Waals surface area contributed by atoms with Crippen LogP contribution in [-0.2, 0) is 12.8 Å². The summed E-state index contributed by atoms with van der Waals surface area (Å²) in [6.07, 6.45) is 10.0. The van der Waals surface area contributed by atoms with E-state index >= 15 is 0 Å². The Bertz CT molecular complexity index is 681. The molecule has 0 bridgehead atoms. The van der Waals surface area contributed by atoms with E-state index in [9.17, 15) is 0 Å². The molecule has 2 aliphatic rings. The van der Waals surface area contributed by atoms with Crippen molar-refractivity contribution in [3.63, 3.8) is 0 Å². The zero-order valence-electron chi connectivity index (χ0n) is 13.0. The van der Waals surface area contributed by atoms with E-state index in [1.807, 2.05) is 0 Å². The number of fused-ring (bicyclic) bond motifs is 1. The summed E-state index contributed by atoms with van der Waals surface area (Å²) in [5, 5.41) is 0. The highest BCUT2D eigenvalue weighted by Crippen LogP contribution is 2.28. The number of aromatic nitrogens is 4. The number of anilines is 2. The van der Waals surface area contributed by atoms with Crippen molar-refractivity contribution in [2.24, 2.45) is 0 Å². The molecule has 0 aromatic carbocycles. The molecule has 2 aromatic rings. The lowest BCUT2D eigenvalue weighted by Gasteiger charge is -2.36. The second-order valence-corrected chi connectivity index (χ2v) is 6.92. The van der Waals surface area contributed by atoms with Gasteiger partial charge in [-0.3, -0.25) is 0 Å². The van der Waals surface area contributed by atoms with Gasteiger partial charge in [0.25, 0.3) is 0 Å². The molecule has 7 heteroatoms. The minimum absolute atomic E-state index is 0.803. The van der Waals surface area contributed by atoms with Crippen molar-refractivity contribution in [3.8, 4) is 0 Å². The fourth-order valence-electron chi connectivity index (χ4n) is 3.36. The molecule has 1 fully saturated rings.